The summed E-state index contributed by atoms with van der Waals surface area (Å²) in [6.07, 6.45) is 5.83. The molecule has 90 valence electrons. The first-order valence-electron chi connectivity index (χ1n) is 5.66. The van der Waals surface area contributed by atoms with Gasteiger partial charge in [0.15, 0.2) is 0 Å². The van der Waals surface area contributed by atoms with Crippen molar-refractivity contribution in [3.63, 3.8) is 0 Å². The standard InChI is InChI=1S/C13H17N3S/c1-3-16-9-8-15-13(16)12(14)10-4-6-11(17-2)7-5-10/h4-9,12H,3,14H2,1-2H3. The number of hydrogen-bond acceptors (Lipinski definition) is 3. The van der Waals surface area contributed by atoms with Crippen molar-refractivity contribution in [2.75, 3.05) is 6.26 Å². The highest BCUT2D eigenvalue weighted by molar-refractivity contribution is 7.98. The van der Waals surface area contributed by atoms with Gasteiger partial charge < -0.3 is 10.3 Å². The van der Waals surface area contributed by atoms with E-state index in [0.29, 0.717) is 0 Å². The van der Waals surface area contributed by atoms with Crippen LogP contribution < -0.4 is 5.73 Å². The molecule has 3 nitrogen and oxygen atoms in total. The molecule has 4 heteroatoms. The van der Waals surface area contributed by atoms with Crippen LogP contribution >= 0.6 is 11.8 Å². The Morgan fingerprint density at radius 2 is 2.06 bits per heavy atom. The molecule has 0 amide bonds. The number of rotatable bonds is 4. The van der Waals surface area contributed by atoms with E-state index in [1.165, 1.54) is 4.90 Å². The van der Waals surface area contributed by atoms with Crippen molar-refractivity contribution in [2.24, 2.45) is 5.73 Å². The van der Waals surface area contributed by atoms with E-state index in [4.69, 9.17) is 5.73 Å². The van der Waals surface area contributed by atoms with E-state index in [1.807, 2.05) is 6.20 Å². The molecular weight excluding hydrogens is 230 g/mol. The zero-order valence-electron chi connectivity index (χ0n) is 10.1. The van der Waals surface area contributed by atoms with Crippen molar-refractivity contribution in [1.82, 2.24) is 9.55 Å². The Morgan fingerprint density at radius 3 is 2.65 bits per heavy atom. The van der Waals surface area contributed by atoms with E-state index in [0.717, 1.165) is 17.9 Å². The van der Waals surface area contributed by atoms with Gasteiger partial charge in [-0.15, -0.1) is 11.8 Å². The maximum Gasteiger partial charge on any atom is 0.130 e. The van der Waals surface area contributed by atoms with Gasteiger partial charge in [0.05, 0.1) is 6.04 Å². The van der Waals surface area contributed by atoms with E-state index >= 15 is 0 Å². The Balaban J connectivity index is 2.27. The van der Waals surface area contributed by atoms with Crippen LogP contribution in [-0.4, -0.2) is 15.8 Å². The van der Waals surface area contributed by atoms with Gasteiger partial charge in [-0.1, -0.05) is 12.1 Å². The second-order valence-corrected chi connectivity index (χ2v) is 4.70. The number of nitrogens with two attached hydrogens (primary N) is 1. The summed E-state index contributed by atoms with van der Waals surface area (Å²) in [5.74, 6) is 0.921. The molecule has 1 unspecified atom stereocenters. The summed E-state index contributed by atoms with van der Waals surface area (Å²) in [7, 11) is 0. The normalized spacial score (nSPS) is 12.6. The summed E-state index contributed by atoms with van der Waals surface area (Å²) in [6, 6.07) is 8.19. The highest BCUT2D eigenvalue weighted by Gasteiger charge is 2.13. The zero-order valence-corrected chi connectivity index (χ0v) is 10.9. The van der Waals surface area contributed by atoms with Gasteiger partial charge in [-0.05, 0) is 30.9 Å². The van der Waals surface area contributed by atoms with Gasteiger partial charge in [0, 0.05) is 23.8 Å². The molecular formula is C13H17N3S. The Labute approximate surface area is 106 Å². The van der Waals surface area contributed by atoms with Crippen LogP contribution in [0, 0.1) is 0 Å². The Kier molecular flexibility index (Phi) is 3.86. The second kappa shape index (κ2) is 5.38. The first-order chi connectivity index (χ1) is 8.26. The van der Waals surface area contributed by atoms with Crippen LogP contribution in [0.1, 0.15) is 24.4 Å². The second-order valence-electron chi connectivity index (χ2n) is 3.82. The Bertz CT molecular complexity index is 476. The molecule has 0 aliphatic carbocycles. The first-order valence-corrected chi connectivity index (χ1v) is 6.89. The van der Waals surface area contributed by atoms with E-state index < -0.39 is 0 Å². The lowest BCUT2D eigenvalue weighted by atomic mass is 10.1. The molecule has 0 bridgehead atoms. The lowest BCUT2D eigenvalue weighted by molar-refractivity contribution is 0.656. The molecule has 0 fully saturated rings. The van der Waals surface area contributed by atoms with Crippen molar-refractivity contribution in [1.29, 1.82) is 0 Å². The highest BCUT2D eigenvalue weighted by Crippen LogP contribution is 2.21. The molecule has 0 spiro atoms. The van der Waals surface area contributed by atoms with E-state index in [9.17, 15) is 0 Å². The largest absolute Gasteiger partial charge is 0.334 e. The fourth-order valence-corrected chi connectivity index (χ4v) is 2.24. The quantitative estimate of drug-likeness (QED) is 0.845. The van der Waals surface area contributed by atoms with Crippen molar-refractivity contribution in [2.45, 2.75) is 24.4 Å². The van der Waals surface area contributed by atoms with Crippen LogP contribution in [0.15, 0.2) is 41.6 Å². The maximum absolute atomic E-state index is 6.24. The van der Waals surface area contributed by atoms with Crippen LogP contribution in [0.5, 0.6) is 0 Å². The van der Waals surface area contributed by atoms with E-state index in [1.54, 1.807) is 18.0 Å². The maximum atomic E-state index is 6.24. The third-order valence-electron chi connectivity index (χ3n) is 2.84. The van der Waals surface area contributed by atoms with Crippen LogP contribution in [0.25, 0.3) is 0 Å². The number of nitrogens with zero attached hydrogens (tertiary/aromatic N) is 2. The fourth-order valence-electron chi connectivity index (χ4n) is 1.83. The monoisotopic (exact) mass is 247 g/mol. The van der Waals surface area contributed by atoms with Gasteiger partial charge in [-0.2, -0.15) is 0 Å². The van der Waals surface area contributed by atoms with Crippen molar-refractivity contribution in [3.8, 4) is 0 Å². The molecule has 1 aromatic heterocycles. The minimum absolute atomic E-state index is 0.152. The Morgan fingerprint density at radius 1 is 1.35 bits per heavy atom. The zero-order chi connectivity index (χ0) is 12.3. The Hall–Kier alpha value is -1.26. The third kappa shape index (κ3) is 2.53. The summed E-state index contributed by atoms with van der Waals surface area (Å²) in [4.78, 5) is 5.59. The molecule has 0 saturated heterocycles. The van der Waals surface area contributed by atoms with Crippen LogP contribution in [0.3, 0.4) is 0 Å². The summed E-state index contributed by atoms with van der Waals surface area (Å²) in [6.45, 7) is 2.99. The number of hydrogen-bond donors (Lipinski definition) is 1. The smallest absolute Gasteiger partial charge is 0.130 e. The van der Waals surface area contributed by atoms with Crippen molar-refractivity contribution >= 4 is 11.8 Å². The minimum atomic E-state index is -0.152. The molecule has 0 saturated carbocycles. The molecule has 0 radical (unpaired) electrons. The van der Waals surface area contributed by atoms with Gasteiger partial charge >= 0.3 is 0 Å². The van der Waals surface area contributed by atoms with E-state index in [2.05, 4.69) is 47.0 Å². The highest BCUT2D eigenvalue weighted by atomic mass is 32.2. The third-order valence-corrected chi connectivity index (χ3v) is 3.59. The average molecular weight is 247 g/mol. The summed E-state index contributed by atoms with van der Waals surface area (Å²) >= 11 is 1.73. The van der Waals surface area contributed by atoms with Gasteiger partial charge in [0.2, 0.25) is 0 Å². The van der Waals surface area contributed by atoms with Gasteiger partial charge in [-0.3, -0.25) is 0 Å². The average Bonchev–Trinajstić information content (AvgIpc) is 2.86. The molecule has 2 N–H and O–H groups in total. The summed E-state index contributed by atoms with van der Waals surface area (Å²) in [5.41, 5.74) is 7.34. The molecule has 17 heavy (non-hydrogen) atoms. The predicted molar refractivity (Wildman–Crippen MR) is 72.2 cm³/mol. The molecule has 1 aromatic carbocycles. The fraction of sp³-hybridized carbons (Fsp3) is 0.308. The summed E-state index contributed by atoms with van der Waals surface area (Å²) in [5, 5.41) is 0. The van der Waals surface area contributed by atoms with Crippen LogP contribution in [-0.2, 0) is 6.54 Å². The molecule has 2 aromatic rings. The topological polar surface area (TPSA) is 43.8 Å². The predicted octanol–water partition coefficient (Wildman–Crippen LogP) is 2.67. The molecule has 0 aliphatic heterocycles. The molecule has 0 aliphatic rings. The lowest BCUT2D eigenvalue weighted by Crippen LogP contribution is -2.17. The van der Waals surface area contributed by atoms with Crippen molar-refractivity contribution < 1.29 is 0 Å². The lowest BCUT2D eigenvalue weighted by Gasteiger charge is -2.13. The van der Waals surface area contributed by atoms with Crippen molar-refractivity contribution in [3.05, 3.63) is 48.0 Å². The SMILES string of the molecule is CCn1ccnc1C(N)c1ccc(SC)cc1. The minimum Gasteiger partial charge on any atom is -0.334 e. The van der Waals surface area contributed by atoms with Gasteiger partial charge in [0.25, 0.3) is 0 Å². The van der Waals surface area contributed by atoms with Gasteiger partial charge in [0.1, 0.15) is 5.82 Å². The first kappa shape index (κ1) is 12.2. The van der Waals surface area contributed by atoms with Gasteiger partial charge in [-0.25, -0.2) is 4.98 Å². The number of benzene rings is 1. The summed E-state index contributed by atoms with van der Waals surface area (Å²) < 4.78 is 2.08. The number of imidazole rings is 1. The number of thioether (sulfide) groups is 1. The van der Waals surface area contributed by atoms with E-state index in [-0.39, 0.29) is 6.04 Å². The molecule has 1 heterocycles. The molecule has 2 rings (SSSR count). The number of aromatic nitrogens is 2. The number of aryl methyl sites for hydroxylation is 1. The van der Waals surface area contributed by atoms with Crippen LogP contribution in [0.2, 0.25) is 0 Å². The molecule has 1 atom stereocenters. The van der Waals surface area contributed by atoms with Crippen LogP contribution in [0.4, 0.5) is 0 Å².